The van der Waals surface area contributed by atoms with Crippen LogP contribution in [0.2, 0.25) is 0 Å². The number of aromatic nitrogens is 2. The summed E-state index contributed by atoms with van der Waals surface area (Å²) in [5, 5.41) is 15.5. The molecule has 0 radical (unpaired) electrons. The minimum Gasteiger partial charge on any atom is -0.353 e. The van der Waals surface area contributed by atoms with Crippen LogP contribution in [-0.2, 0) is 4.79 Å². The van der Waals surface area contributed by atoms with Gasteiger partial charge in [-0.05, 0) is 31.9 Å². The van der Waals surface area contributed by atoms with Gasteiger partial charge < -0.3 is 10.6 Å². The van der Waals surface area contributed by atoms with Crippen molar-refractivity contribution in [2.24, 2.45) is 0 Å². The van der Waals surface area contributed by atoms with Crippen molar-refractivity contribution >= 4 is 39.8 Å². The molecule has 1 saturated carbocycles. The van der Waals surface area contributed by atoms with Gasteiger partial charge in [0.2, 0.25) is 11.0 Å². The monoisotopic (exact) mass is 390 g/mol. The zero-order valence-electron chi connectivity index (χ0n) is 15.2. The van der Waals surface area contributed by atoms with Gasteiger partial charge in [-0.1, -0.05) is 72.9 Å². The van der Waals surface area contributed by atoms with Crippen molar-refractivity contribution in [1.29, 1.82) is 0 Å². The van der Waals surface area contributed by atoms with Gasteiger partial charge in [-0.15, -0.1) is 10.2 Å². The summed E-state index contributed by atoms with van der Waals surface area (Å²) in [6.45, 7) is 2.06. The number of carbonyl (C=O) groups excluding carboxylic acids is 1. The van der Waals surface area contributed by atoms with Crippen LogP contribution in [0.3, 0.4) is 0 Å². The number of aryl methyl sites for hydroxylation is 1. The molecule has 0 aliphatic heterocycles. The molecule has 2 N–H and O–H groups in total. The van der Waals surface area contributed by atoms with E-state index in [0.717, 1.165) is 28.0 Å². The van der Waals surface area contributed by atoms with E-state index in [9.17, 15) is 4.79 Å². The molecular formula is C19H26N4OS2. The normalized spacial score (nSPS) is 15.9. The Morgan fingerprint density at radius 2 is 1.81 bits per heavy atom. The number of rotatable bonds is 6. The molecule has 1 aliphatic carbocycles. The molecule has 1 aromatic carbocycles. The highest BCUT2D eigenvalue weighted by Crippen LogP contribution is 2.27. The Morgan fingerprint density at radius 1 is 1.12 bits per heavy atom. The maximum atomic E-state index is 12.2. The van der Waals surface area contributed by atoms with Gasteiger partial charge in [-0.3, -0.25) is 4.79 Å². The number of anilines is 2. The van der Waals surface area contributed by atoms with Crippen molar-refractivity contribution in [3.63, 3.8) is 0 Å². The molecular weight excluding hydrogens is 364 g/mol. The molecule has 7 heteroatoms. The summed E-state index contributed by atoms with van der Waals surface area (Å²) in [5.41, 5.74) is 2.21. The van der Waals surface area contributed by atoms with Crippen LogP contribution in [0.5, 0.6) is 0 Å². The Balaban J connectivity index is 1.43. The van der Waals surface area contributed by atoms with Crippen LogP contribution in [0.1, 0.15) is 50.5 Å². The highest BCUT2D eigenvalue weighted by Gasteiger charge is 2.15. The SMILES string of the molecule is Cc1ccc(Nc2nnc(SCC(=O)NC3CCCCCCC3)s2)cc1. The van der Waals surface area contributed by atoms with E-state index < -0.39 is 0 Å². The van der Waals surface area contributed by atoms with E-state index in [1.54, 1.807) is 0 Å². The Hall–Kier alpha value is -1.60. The molecule has 1 amide bonds. The van der Waals surface area contributed by atoms with Gasteiger partial charge in [0.1, 0.15) is 0 Å². The highest BCUT2D eigenvalue weighted by molar-refractivity contribution is 8.01. The zero-order valence-corrected chi connectivity index (χ0v) is 16.8. The summed E-state index contributed by atoms with van der Waals surface area (Å²) in [4.78, 5) is 12.2. The number of amides is 1. The second kappa shape index (κ2) is 9.92. The fourth-order valence-electron chi connectivity index (χ4n) is 3.08. The molecule has 1 fully saturated rings. The van der Waals surface area contributed by atoms with Crippen molar-refractivity contribution in [2.45, 2.75) is 62.3 Å². The van der Waals surface area contributed by atoms with Gasteiger partial charge in [-0.2, -0.15) is 0 Å². The fourth-order valence-corrected chi connectivity index (χ4v) is 4.66. The van der Waals surface area contributed by atoms with E-state index in [1.165, 1.54) is 60.8 Å². The average molecular weight is 391 g/mol. The third-order valence-corrected chi connectivity index (χ3v) is 6.48. The van der Waals surface area contributed by atoms with Crippen LogP contribution < -0.4 is 10.6 Å². The molecule has 5 nitrogen and oxygen atoms in total. The van der Waals surface area contributed by atoms with Gasteiger partial charge in [0, 0.05) is 11.7 Å². The van der Waals surface area contributed by atoms with Crippen LogP contribution >= 0.6 is 23.1 Å². The lowest BCUT2D eigenvalue weighted by Gasteiger charge is -2.20. The van der Waals surface area contributed by atoms with Gasteiger partial charge in [0.05, 0.1) is 5.75 Å². The summed E-state index contributed by atoms with van der Waals surface area (Å²) in [6, 6.07) is 8.49. The minimum absolute atomic E-state index is 0.101. The smallest absolute Gasteiger partial charge is 0.230 e. The number of nitrogens with one attached hydrogen (secondary N) is 2. The van der Waals surface area contributed by atoms with Gasteiger partial charge >= 0.3 is 0 Å². The minimum atomic E-state index is 0.101. The van der Waals surface area contributed by atoms with E-state index >= 15 is 0 Å². The Morgan fingerprint density at radius 3 is 2.54 bits per heavy atom. The number of hydrogen-bond acceptors (Lipinski definition) is 6. The summed E-state index contributed by atoms with van der Waals surface area (Å²) >= 11 is 2.93. The van der Waals surface area contributed by atoms with Crippen LogP contribution in [0, 0.1) is 6.92 Å². The molecule has 0 saturated heterocycles. The lowest BCUT2D eigenvalue weighted by molar-refractivity contribution is -0.119. The summed E-state index contributed by atoms with van der Waals surface area (Å²) in [5.74, 6) is 0.499. The molecule has 1 heterocycles. The predicted octanol–water partition coefficient (Wildman–Crippen LogP) is 4.91. The van der Waals surface area contributed by atoms with Crippen LogP contribution in [0.15, 0.2) is 28.6 Å². The van der Waals surface area contributed by atoms with Gasteiger partial charge in [0.25, 0.3) is 0 Å². The number of benzene rings is 1. The zero-order chi connectivity index (χ0) is 18.2. The average Bonchev–Trinajstić information content (AvgIpc) is 3.05. The number of nitrogens with zero attached hydrogens (tertiary/aromatic N) is 2. The quantitative estimate of drug-likeness (QED) is 0.686. The number of hydrogen-bond donors (Lipinski definition) is 2. The Bertz CT molecular complexity index is 694. The first-order chi connectivity index (χ1) is 12.7. The second-order valence-corrected chi connectivity index (χ2v) is 8.96. The van der Waals surface area contributed by atoms with Crippen molar-refractivity contribution in [3.8, 4) is 0 Å². The first-order valence-corrected chi connectivity index (χ1v) is 11.1. The summed E-state index contributed by atoms with van der Waals surface area (Å²) in [6.07, 6.45) is 8.60. The maximum Gasteiger partial charge on any atom is 0.230 e. The number of thioether (sulfide) groups is 1. The lowest BCUT2D eigenvalue weighted by atomic mass is 9.97. The molecule has 0 spiro atoms. The first-order valence-electron chi connectivity index (χ1n) is 9.28. The Labute approximate surface area is 163 Å². The molecule has 0 atom stereocenters. The molecule has 3 rings (SSSR count). The maximum absolute atomic E-state index is 12.2. The molecule has 0 unspecified atom stereocenters. The number of carbonyl (C=O) groups is 1. The second-order valence-electron chi connectivity index (χ2n) is 6.76. The first kappa shape index (κ1) is 19.2. The predicted molar refractivity (Wildman–Crippen MR) is 109 cm³/mol. The summed E-state index contributed by atoms with van der Waals surface area (Å²) in [7, 11) is 0. The highest BCUT2D eigenvalue weighted by atomic mass is 32.2. The van der Waals surface area contributed by atoms with E-state index in [4.69, 9.17) is 0 Å². The summed E-state index contributed by atoms with van der Waals surface area (Å²) < 4.78 is 0.812. The van der Waals surface area contributed by atoms with Crippen LogP contribution in [0.25, 0.3) is 0 Å². The third kappa shape index (κ3) is 6.29. The standard InChI is InChI=1S/C19H26N4OS2/c1-14-9-11-16(12-10-14)21-18-22-23-19(26-18)25-13-17(24)20-15-7-5-3-2-4-6-8-15/h9-12,15H,2-8,13H2,1H3,(H,20,24)(H,21,22). The van der Waals surface area contributed by atoms with Gasteiger partial charge in [-0.25, -0.2) is 0 Å². The molecule has 0 bridgehead atoms. The van der Waals surface area contributed by atoms with E-state index in [2.05, 4.69) is 39.9 Å². The Kier molecular flexibility index (Phi) is 7.32. The van der Waals surface area contributed by atoms with E-state index in [1.807, 2.05) is 12.1 Å². The van der Waals surface area contributed by atoms with Crippen molar-refractivity contribution in [1.82, 2.24) is 15.5 Å². The van der Waals surface area contributed by atoms with Crippen LogP contribution in [-0.4, -0.2) is 27.9 Å². The molecule has 140 valence electrons. The molecule has 26 heavy (non-hydrogen) atoms. The van der Waals surface area contributed by atoms with Crippen molar-refractivity contribution in [2.75, 3.05) is 11.1 Å². The van der Waals surface area contributed by atoms with E-state index in [0.29, 0.717) is 11.8 Å². The molecule has 1 aliphatic rings. The largest absolute Gasteiger partial charge is 0.353 e. The van der Waals surface area contributed by atoms with Gasteiger partial charge in [0.15, 0.2) is 4.34 Å². The lowest BCUT2D eigenvalue weighted by Crippen LogP contribution is -2.36. The fraction of sp³-hybridized carbons (Fsp3) is 0.526. The van der Waals surface area contributed by atoms with E-state index in [-0.39, 0.29) is 5.91 Å². The van der Waals surface area contributed by atoms with Crippen molar-refractivity contribution in [3.05, 3.63) is 29.8 Å². The topological polar surface area (TPSA) is 66.9 Å². The molecule has 2 aromatic rings. The van der Waals surface area contributed by atoms with Crippen LogP contribution in [0.4, 0.5) is 10.8 Å². The molecule has 1 aromatic heterocycles. The third-order valence-electron chi connectivity index (χ3n) is 4.51. The van der Waals surface area contributed by atoms with Crippen molar-refractivity contribution < 1.29 is 4.79 Å².